The minimum Gasteiger partial charge on any atom is -0.507 e. The molecular weight excluding hydrogens is 260 g/mol. The number of phenols is 1. The summed E-state index contributed by atoms with van der Waals surface area (Å²) in [5.41, 5.74) is 0.776. The number of thioether (sulfide) groups is 1. The van der Waals surface area contributed by atoms with Crippen LogP contribution in [-0.4, -0.2) is 21.9 Å². The Hall–Kier alpha value is -1.94. The lowest BCUT2D eigenvalue weighted by molar-refractivity contribution is -0.138. The molecule has 0 aliphatic carbocycles. The molecule has 0 aliphatic rings. The Labute approximate surface area is 115 Å². The molecule has 0 heterocycles. The van der Waals surface area contributed by atoms with Gasteiger partial charge in [0.2, 0.25) is 0 Å². The number of rotatable bonds is 5. The number of phenolic OH excluding ortho intramolecular Hbond substituents is 1. The van der Waals surface area contributed by atoms with Gasteiger partial charge in [-0.15, -0.1) is 11.8 Å². The fourth-order valence-electron chi connectivity index (χ4n) is 1.75. The van der Waals surface area contributed by atoms with Crippen LogP contribution in [0.4, 0.5) is 0 Å². The molecule has 19 heavy (non-hydrogen) atoms. The molecule has 0 saturated carbocycles. The number of para-hydroxylation sites is 1. The summed E-state index contributed by atoms with van der Waals surface area (Å²) in [6.45, 7) is 0. The van der Waals surface area contributed by atoms with Crippen molar-refractivity contribution in [2.45, 2.75) is 10.8 Å². The number of carboxylic acids is 1. The molecule has 0 aliphatic heterocycles. The highest BCUT2D eigenvalue weighted by Crippen LogP contribution is 2.31. The molecule has 1 atom stereocenters. The average Bonchev–Trinajstić information content (AvgIpc) is 2.42. The Morgan fingerprint density at radius 2 is 1.68 bits per heavy atom. The normalized spacial score (nSPS) is 12.0. The summed E-state index contributed by atoms with van der Waals surface area (Å²) in [6, 6.07) is 16.1. The second-order valence-electron chi connectivity index (χ2n) is 4.08. The van der Waals surface area contributed by atoms with Gasteiger partial charge < -0.3 is 10.2 Å². The van der Waals surface area contributed by atoms with Crippen molar-refractivity contribution >= 4 is 17.7 Å². The molecule has 0 radical (unpaired) electrons. The highest BCUT2D eigenvalue weighted by atomic mass is 32.2. The maximum atomic E-state index is 11.3. The van der Waals surface area contributed by atoms with Crippen LogP contribution in [-0.2, 0) is 4.79 Å². The Kier molecular flexibility index (Phi) is 4.47. The smallest absolute Gasteiger partial charge is 0.311 e. The third kappa shape index (κ3) is 3.51. The molecule has 1 unspecified atom stereocenters. The van der Waals surface area contributed by atoms with E-state index in [1.165, 1.54) is 11.8 Å². The molecule has 4 heteroatoms. The zero-order valence-corrected chi connectivity index (χ0v) is 11.0. The number of aliphatic carboxylic acids is 1. The molecule has 2 aromatic carbocycles. The van der Waals surface area contributed by atoms with E-state index in [4.69, 9.17) is 0 Å². The van der Waals surface area contributed by atoms with Crippen LogP contribution in [0.3, 0.4) is 0 Å². The number of aromatic hydroxyl groups is 1. The Morgan fingerprint density at radius 3 is 2.32 bits per heavy atom. The van der Waals surface area contributed by atoms with Gasteiger partial charge in [0, 0.05) is 10.6 Å². The van der Waals surface area contributed by atoms with E-state index in [1.54, 1.807) is 18.2 Å². The predicted molar refractivity (Wildman–Crippen MR) is 75.6 cm³/mol. The van der Waals surface area contributed by atoms with Crippen molar-refractivity contribution in [3.05, 3.63) is 60.2 Å². The van der Waals surface area contributed by atoms with Gasteiger partial charge in [-0.2, -0.15) is 0 Å². The van der Waals surface area contributed by atoms with Crippen molar-refractivity contribution in [2.24, 2.45) is 0 Å². The topological polar surface area (TPSA) is 57.5 Å². The molecule has 2 rings (SSSR count). The third-order valence-electron chi connectivity index (χ3n) is 2.77. The van der Waals surface area contributed by atoms with Crippen LogP contribution < -0.4 is 0 Å². The SMILES string of the molecule is O=C(O)C(CSc1ccccc1O)c1ccccc1. The first kappa shape index (κ1) is 13.5. The molecule has 0 aromatic heterocycles. The summed E-state index contributed by atoms with van der Waals surface area (Å²) in [7, 11) is 0. The molecule has 2 aromatic rings. The lowest BCUT2D eigenvalue weighted by atomic mass is 10.0. The van der Waals surface area contributed by atoms with Crippen molar-refractivity contribution in [3.63, 3.8) is 0 Å². The van der Waals surface area contributed by atoms with E-state index < -0.39 is 11.9 Å². The van der Waals surface area contributed by atoms with Crippen LogP contribution in [0.1, 0.15) is 11.5 Å². The first-order valence-electron chi connectivity index (χ1n) is 5.87. The van der Waals surface area contributed by atoms with Gasteiger partial charge in [-0.25, -0.2) is 0 Å². The molecule has 0 spiro atoms. The zero-order chi connectivity index (χ0) is 13.7. The summed E-state index contributed by atoms with van der Waals surface area (Å²) in [5.74, 6) is -0.860. The van der Waals surface area contributed by atoms with Crippen molar-refractivity contribution < 1.29 is 15.0 Å². The molecule has 98 valence electrons. The number of carbonyl (C=O) groups is 1. The highest BCUT2D eigenvalue weighted by Gasteiger charge is 2.20. The maximum Gasteiger partial charge on any atom is 0.311 e. The van der Waals surface area contributed by atoms with Crippen molar-refractivity contribution in [2.75, 3.05) is 5.75 Å². The maximum absolute atomic E-state index is 11.3. The minimum absolute atomic E-state index is 0.185. The van der Waals surface area contributed by atoms with Crippen LogP contribution in [0, 0.1) is 0 Å². The van der Waals surface area contributed by atoms with E-state index in [0.29, 0.717) is 10.6 Å². The Bertz CT molecular complexity index is 554. The van der Waals surface area contributed by atoms with Crippen molar-refractivity contribution in [1.82, 2.24) is 0 Å². The van der Waals surface area contributed by atoms with E-state index in [0.717, 1.165) is 5.56 Å². The Morgan fingerprint density at radius 1 is 1.05 bits per heavy atom. The second kappa shape index (κ2) is 6.29. The third-order valence-corrected chi connectivity index (χ3v) is 3.93. The molecule has 0 fully saturated rings. The fourth-order valence-corrected chi connectivity index (χ4v) is 2.82. The molecule has 3 nitrogen and oxygen atoms in total. The van der Waals surface area contributed by atoms with Gasteiger partial charge >= 0.3 is 5.97 Å². The lowest BCUT2D eigenvalue weighted by Gasteiger charge is -2.12. The molecular formula is C15H14O3S. The number of hydrogen-bond donors (Lipinski definition) is 2. The fraction of sp³-hybridized carbons (Fsp3) is 0.133. The monoisotopic (exact) mass is 274 g/mol. The van der Waals surface area contributed by atoms with Crippen LogP contribution in [0.25, 0.3) is 0 Å². The van der Waals surface area contributed by atoms with Gasteiger partial charge in [0.15, 0.2) is 0 Å². The lowest BCUT2D eigenvalue weighted by Crippen LogP contribution is -2.14. The van der Waals surface area contributed by atoms with Gasteiger partial charge in [0.05, 0.1) is 5.92 Å². The van der Waals surface area contributed by atoms with Crippen LogP contribution >= 0.6 is 11.8 Å². The van der Waals surface area contributed by atoms with E-state index in [1.807, 2.05) is 36.4 Å². The minimum atomic E-state index is -0.853. The number of benzene rings is 2. The standard InChI is InChI=1S/C15H14O3S/c16-13-8-4-5-9-14(13)19-10-12(15(17)18)11-6-2-1-3-7-11/h1-9,12,16H,10H2,(H,17,18). The van der Waals surface area contributed by atoms with E-state index in [2.05, 4.69) is 0 Å². The highest BCUT2D eigenvalue weighted by molar-refractivity contribution is 7.99. The van der Waals surface area contributed by atoms with Crippen molar-refractivity contribution in [1.29, 1.82) is 0 Å². The molecule has 2 N–H and O–H groups in total. The average molecular weight is 274 g/mol. The summed E-state index contributed by atoms with van der Waals surface area (Å²) in [6.07, 6.45) is 0. The number of carboxylic acid groups (broad SMARTS) is 1. The van der Waals surface area contributed by atoms with Crippen LogP contribution in [0.2, 0.25) is 0 Å². The summed E-state index contributed by atoms with van der Waals surface area (Å²) < 4.78 is 0. The first-order chi connectivity index (χ1) is 9.18. The van der Waals surface area contributed by atoms with E-state index in [9.17, 15) is 15.0 Å². The summed E-state index contributed by atoms with van der Waals surface area (Å²) in [4.78, 5) is 12.0. The summed E-state index contributed by atoms with van der Waals surface area (Å²) >= 11 is 1.35. The Balaban J connectivity index is 2.11. The van der Waals surface area contributed by atoms with Crippen LogP contribution in [0.15, 0.2) is 59.5 Å². The number of hydrogen-bond acceptors (Lipinski definition) is 3. The van der Waals surface area contributed by atoms with Gasteiger partial charge in [-0.1, -0.05) is 42.5 Å². The van der Waals surface area contributed by atoms with Crippen molar-refractivity contribution in [3.8, 4) is 5.75 Å². The van der Waals surface area contributed by atoms with Crippen LogP contribution in [0.5, 0.6) is 5.75 Å². The zero-order valence-electron chi connectivity index (χ0n) is 10.2. The second-order valence-corrected chi connectivity index (χ2v) is 5.14. The molecule has 0 amide bonds. The molecule has 0 bridgehead atoms. The van der Waals surface area contributed by atoms with E-state index in [-0.39, 0.29) is 5.75 Å². The van der Waals surface area contributed by atoms with Gasteiger partial charge in [0.1, 0.15) is 5.75 Å². The van der Waals surface area contributed by atoms with Gasteiger partial charge in [0.25, 0.3) is 0 Å². The predicted octanol–water partition coefficient (Wildman–Crippen LogP) is 3.35. The summed E-state index contributed by atoms with van der Waals surface area (Å²) in [5, 5.41) is 19.0. The largest absolute Gasteiger partial charge is 0.507 e. The quantitative estimate of drug-likeness (QED) is 0.821. The van der Waals surface area contributed by atoms with E-state index >= 15 is 0 Å². The first-order valence-corrected chi connectivity index (χ1v) is 6.85. The van der Waals surface area contributed by atoms with Gasteiger partial charge in [-0.05, 0) is 17.7 Å². The van der Waals surface area contributed by atoms with Gasteiger partial charge in [-0.3, -0.25) is 4.79 Å². The molecule has 0 saturated heterocycles.